The average Bonchev–Trinajstić information content (AvgIpc) is 2.18. The Hall–Kier alpha value is -0.650. The maximum Gasteiger partial charge on any atom is 0.326 e. The second-order valence-electron chi connectivity index (χ2n) is 3.97. The van der Waals surface area contributed by atoms with E-state index >= 15 is 0 Å². The normalized spacial score (nSPS) is 18.9. The van der Waals surface area contributed by atoms with Crippen molar-refractivity contribution < 1.29 is 24.9 Å². The molecule has 1 saturated carbocycles. The van der Waals surface area contributed by atoms with E-state index in [2.05, 4.69) is 4.74 Å². The Balaban J connectivity index is 2.39. The van der Waals surface area contributed by atoms with Crippen LogP contribution in [0, 0.1) is 5.92 Å². The summed E-state index contributed by atoms with van der Waals surface area (Å²) in [6.07, 6.45) is 4.17. The predicted octanol–water partition coefficient (Wildman–Crippen LogP) is 0.131. The molecule has 5 nitrogen and oxygen atoms in total. The quantitative estimate of drug-likeness (QED) is 0.461. The molecule has 5 heteroatoms. The number of hydrogen-bond acceptors (Lipinski definition) is 5. The lowest BCUT2D eigenvalue weighted by Crippen LogP contribution is -2.38. The van der Waals surface area contributed by atoms with E-state index < -0.39 is 18.5 Å². The Kier molecular flexibility index (Phi) is 4.50. The van der Waals surface area contributed by atoms with Crippen LogP contribution in [0.15, 0.2) is 0 Å². The van der Waals surface area contributed by atoms with Crippen molar-refractivity contribution in [3.8, 4) is 0 Å². The lowest BCUT2D eigenvalue weighted by molar-refractivity contribution is -0.326. The number of carbonyl (C=O) groups excluding carboxylic acids is 1. The third-order valence-electron chi connectivity index (χ3n) is 2.64. The first-order valence-corrected chi connectivity index (χ1v) is 5.33. The fourth-order valence-corrected chi connectivity index (χ4v) is 1.78. The summed E-state index contributed by atoms with van der Waals surface area (Å²) in [5.74, 6) is -3.33. The highest BCUT2D eigenvalue weighted by molar-refractivity contribution is 5.72. The van der Waals surface area contributed by atoms with Gasteiger partial charge in [0.2, 0.25) is 0 Å². The van der Waals surface area contributed by atoms with Gasteiger partial charge < -0.3 is 20.1 Å². The fraction of sp³-hybridized carbons (Fsp3) is 0.900. The van der Waals surface area contributed by atoms with Crippen molar-refractivity contribution >= 4 is 5.97 Å². The maximum absolute atomic E-state index is 11.5. The summed E-state index contributed by atoms with van der Waals surface area (Å²) in [6, 6.07) is 0. The zero-order valence-corrected chi connectivity index (χ0v) is 8.69. The van der Waals surface area contributed by atoms with Crippen LogP contribution in [-0.4, -0.2) is 33.9 Å². The Morgan fingerprint density at radius 3 is 2.40 bits per heavy atom. The molecule has 1 fully saturated rings. The Morgan fingerprint density at radius 2 is 1.87 bits per heavy atom. The van der Waals surface area contributed by atoms with Crippen molar-refractivity contribution in [2.75, 3.05) is 6.61 Å². The number of ether oxygens (including phenoxy) is 1. The van der Waals surface area contributed by atoms with Crippen molar-refractivity contribution in [3.63, 3.8) is 0 Å². The molecule has 0 aromatic rings. The second kappa shape index (κ2) is 5.44. The fourth-order valence-electron chi connectivity index (χ4n) is 1.78. The van der Waals surface area contributed by atoms with Gasteiger partial charge in [-0.25, -0.2) is 0 Å². The van der Waals surface area contributed by atoms with E-state index in [0.717, 1.165) is 32.1 Å². The van der Waals surface area contributed by atoms with Gasteiger partial charge in [-0.15, -0.1) is 0 Å². The minimum Gasteiger partial charge on any atom is -0.408 e. The van der Waals surface area contributed by atoms with Gasteiger partial charge in [0, 0.05) is 0 Å². The van der Waals surface area contributed by atoms with Crippen LogP contribution in [0.3, 0.4) is 0 Å². The van der Waals surface area contributed by atoms with Crippen LogP contribution < -0.4 is 0 Å². The van der Waals surface area contributed by atoms with Crippen LogP contribution in [0.2, 0.25) is 0 Å². The molecule has 1 aliphatic carbocycles. The van der Waals surface area contributed by atoms with Gasteiger partial charge in [0.05, 0.1) is 18.9 Å². The van der Waals surface area contributed by atoms with Gasteiger partial charge in [-0.2, -0.15) is 0 Å². The van der Waals surface area contributed by atoms with Gasteiger partial charge >= 0.3 is 11.9 Å². The van der Waals surface area contributed by atoms with Crippen LogP contribution in [0.4, 0.5) is 0 Å². The second-order valence-corrected chi connectivity index (χ2v) is 3.97. The number of rotatable bonds is 4. The first-order chi connectivity index (χ1) is 7.05. The summed E-state index contributed by atoms with van der Waals surface area (Å²) < 4.78 is 4.53. The van der Waals surface area contributed by atoms with E-state index in [1.807, 2.05) is 0 Å². The minimum absolute atomic E-state index is 0.226. The lowest BCUT2D eigenvalue weighted by atomic mass is 9.89. The maximum atomic E-state index is 11.5. The van der Waals surface area contributed by atoms with E-state index in [-0.39, 0.29) is 12.3 Å². The first kappa shape index (κ1) is 12.4. The van der Waals surface area contributed by atoms with Crippen molar-refractivity contribution in [2.45, 2.75) is 44.5 Å². The van der Waals surface area contributed by atoms with E-state index in [0.29, 0.717) is 0 Å². The zero-order valence-electron chi connectivity index (χ0n) is 8.69. The number of hydrogen-bond donors (Lipinski definition) is 3. The molecule has 3 N–H and O–H groups in total. The van der Waals surface area contributed by atoms with Gasteiger partial charge in [-0.05, 0) is 12.8 Å². The summed E-state index contributed by atoms with van der Waals surface area (Å²) in [5, 5.41) is 26.8. The summed E-state index contributed by atoms with van der Waals surface area (Å²) in [7, 11) is 0. The van der Waals surface area contributed by atoms with Crippen molar-refractivity contribution in [3.05, 3.63) is 0 Å². The SMILES string of the molecule is O=C(OC(O)(O)CCO)C1CCCCC1. The molecular weight excluding hydrogens is 200 g/mol. The van der Waals surface area contributed by atoms with Crippen LogP contribution in [0.25, 0.3) is 0 Å². The lowest BCUT2D eigenvalue weighted by Gasteiger charge is -2.25. The summed E-state index contributed by atoms with van der Waals surface area (Å²) in [5.41, 5.74) is 0. The van der Waals surface area contributed by atoms with Crippen LogP contribution in [-0.2, 0) is 9.53 Å². The molecule has 0 radical (unpaired) electrons. The highest BCUT2D eigenvalue weighted by atomic mass is 16.8. The molecule has 0 aromatic heterocycles. The number of carbonyl (C=O) groups is 1. The Labute approximate surface area is 88.7 Å². The van der Waals surface area contributed by atoms with Gasteiger partial charge in [0.15, 0.2) is 0 Å². The molecular formula is C10H18O5. The largest absolute Gasteiger partial charge is 0.408 e. The van der Waals surface area contributed by atoms with Crippen LogP contribution in [0.1, 0.15) is 38.5 Å². The molecule has 0 aliphatic heterocycles. The first-order valence-electron chi connectivity index (χ1n) is 5.33. The monoisotopic (exact) mass is 218 g/mol. The standard InChI is InChI=1S/C10H18O5/c11-7-6-10(13,14)15-9(12)8-4-2-1-3-5-8/h8,11,13-14H,1-7H2. The summed E-state index contributed by atoms with van der Waals surface area (Å²) >= 11 is 0. The molecule has 0 saturated heterocycles. The minimum atomic E-state index is -2.52. The average molecular weight is 218 g/mol. The van der Waals surface area contributed by atoms with Gasteiger partial charge in [0.1, 0.15) is 0 Å². The van der Waals surface area contributed by atoms with Crippen LogP contribution in [0.5, 0.6) is 0 Å². The van der Waals surface area contributed by atoms with E-state index in [1.54, 1.807) is 0 Å². The van der Waals surface area contributed by atoms with Gasteiger partial charge in [-0.1, -0.05) is 19.3 Å². The molecule has 15 heavy (non-hydrogen) atoms. The molecule has 1 rings (SSSR count). The number of aliphatic hydroxyl groups is 3. The van der Waals surface area contributed by atoms with Crippen molar-refractivity contribution in [2.24, 2.45) is 5.92 Å². The topological polar surface area (TPSA) is 87.0 Å². The van der Waals surface area contributed by atoms with E-state index in [4.69, 9.17) is 15.3 Å². The van der Waals surface area contributed by atoms with Gasteiger partial charge in [-0.3, -0.25) is 4.79 Å². The van der Waals surface area contributed by atoms with Crippen molar-refractivity contribution in [1.29, 1.82) is 0 Å². The predicted molar refractivity (Wildman–Crippen MR) is 51.5 cm³/mol. The molecule has 0 unspecified atom stereocenters. The smallest absolute Gasteiger partial charge is 0.326 e. The highest BCUT2D eigenvalue weighted by Gasteiger charge is 2.32. The molecule has 0 bridgehead atoms. The van der Waals surface area contributed by atoms with Crippen molar-refractivity contribution in [1.82, 2.24) is 0 Å². The van der Waals surface area contributed by atoms with E-state index in [9.17, 15) is 4.79 Å². The third-order valence-corrected chi connectivity index (χ3v) is 2.64. The molecule has 1 aliphatic rings. The molecule has 0 heterocycles. The zero-order chi connectivity index (χ0) is 11.3. The molecule has 0 aromatic carbocycles. The Morgan fingerprint density at radius 1 is 1.27 bits per heavy atom. The van der Waals surface area contributed by atoms with Crippen LogP contribution >= 0.6 is 0 Å². The molecule has 88 valence electrons. The molecule has 0 atom stereocenters. The summed E-state index contributed by atoms with van der Waals surface area (Å²) in [4.78, 5) is 11.5. The molecule has 0 amide bonds. The molecule has 0 spiro atoms. The van der Waals surface area contributed by atoms with E-state index in [1.165, 1.54) is 0 Å². The number of esters is 1. The van der Waals surface area contributed by atoms with Gasteiger partial charge in [0.25, 0.3) is 0 Å². The third kappa shape index (κ3) is 4.15. The number of aliphatic hydroxyl groups excluding tert-OH is 1. The highest BCUT2D eigenvalue weighted by Crippen LogP contribution is 2.26. The Bertz CT molecular complexity index is 208. The summed E-state index contributed by atoms with van der Waals surface area (Å²) in [6.45, 7) is -0.440.